The van der Waals surface area contributed by atoms with Crippen molar-refractivity contribution in [1.29, 1.82) is 0 Å². The first-order valence-electron chi connectivity index (χ1n) is 6.30. The van der Waals surface area contributed by atoms with E-state index in [4.69, 9.17) is 21.5 Å². The van der Waals surface area contributed by atoms with Gasteiger partial charge in [-0.2, -0.15) is 0 Å². The minimum atomic E-state index is -0.453. The molecule has 0 saturated heterocycles. The number of carbonyl (C=O) groups excluding carboxylic acids is 1. The van der Waals surface area contributed by atoms with Crippen molar-refractivity contribution in [3.8, 4) is 0 Å². The summed E-state index contributed by atoms with van der Waals surface area (Å²) in [5, 5.41) is 9.48. The van der Waals surface area contributed by atoms with E-state index in [1.54, 1.807) is 24.3 Å². The Labute approximate surface area is 130 Å². The van der Waals surface area contributed by atoms with Gasteiger partial charge in [0.15, 0.2) is 5.76 Å². The Bertz CT molecular complexity index is 866. The summed E-state index contributed by atoms with van der Waals surface area (Å²) < 4.78 is 5.13. The van der Waals surface area contributed by atoms with Gasteiger partial charge in [-0.3, -0.25) is 0 Å². The molecule has 0 aromatic heterocycles. The van der Waals surface area contributed by atoms with Gasteiger partial charge < -0.3 is 4.74 Å². The van der Waals surface area contributed by atoms with Crippen molar-refractivity contribution in [3.05, 3.63) is 74.8 Å². The molecule has 0 amide bonds. The summed E-state index contributed by atoms with van der Waals surface area (Å²) in [6.07, 6.45) is 1.42. The molecule has 3 rings (SSSR count). The smallest absolute Gasteiger partial charge is 0.344 e. The quantitative estimate of drug-likeness (QED) is 0.517. The standard InChI is InChI=1S/C16H9ClNO4/c17-11-6-7-14(18(20)21)10(9-11)5-8-15-12-3-1-2-4-13(12)16(19)22-15/h1-7,9H,(H,20,21)/q+1. The Morgan fingerprint density at radius 1 is 1.18 bits per heavy atom. The Kier molecular flexibility index (Phi) is 3.51. The van der Waals surface area contributed by atoms with E-state index in [1.807, 2.05) is 0 Å². The third-order valence-electron chi connectivity index (χ3n) is 3.14. The maximum atomic E-state index is 11.7. The average molecular weight is 315 g/mol. The number of hydrogen-bond acceptors (Lipinski definition) is 3. The fourth-order valence-electron chi connectivity index (χ4n) is 2.13. The molecule has 0 aliphatic carbocycles. The Morgan fingerprint density at radius 3 is 2.64 bits per heavy atom. The van der Waals surface area contributed by atoms with Crippen LogP contribution >= 0.6 is 11.6 Å². The van der Waals surface area contributed by atoms with E-state index in [9.17, 15) is 9.70 Å². The molecule has 108 valence electrons. The predicted octanol–water partition coefficient (Wildman–Crippen LogP) is 3.96. The van der Waals surface area contributed by atoms with E-state index in [-0.39, 0.29) is 16.4 Å². The molecule has 1 N–H and O–H groups in total. The van der Waals surface area contributed by atoms with Crippen LogP contribution in [0, 0.1) is 4.91 Å². The number of fused-ring (bicyclic) bond motifs is 1. The van der Waals surface area contributed by atoms with Gasteiger partial charge in [0.05, 0.1) is 16.0 Å². The van der Waals surface area contributed by atoms with Crippen LogP contribution in [0.3, 0.4) is 0 Å². The van der Waals surface area contributed by atoms with Crippen LogP contribution in [0.4, 0.5) is 5.69 Å². The van der Waals surface area contributed by atoms with Crippen molar-refractivity contribution in [2.75, 3.05) is 0 Å². The van der Waals surface area contributed by atoms with Crippen LogP contribution in [0.25, 0.3) is 11.8 Å². The second kappa shape index (κ2) is 5.48. The number of cyclic esters (lactones) is 1. The number of esters is 1. The van der Waals surface area contributed by atoms with Gasteiger partial charge in [-0.1, -0.05) is 29.5 Å². The van der Waals surface area contributed by atoms with Gasteiger partial charge >= 0.3 is 11.7 Å². The zero-order valence-electron chi connectivity index (χ0n) is 11.1. The zero-order chi connectivity index (χ0) is 15.7. The zero-order valence-corrected chi connectivity index (χ0v) is 11.9. The lowest BCUT2D eigenvalue weighted by atomic mass is 10.1. The van der Waals surface area contributed by atoms with Gasteiger partial charge in [0.25, 0.3) is 4.92 Å². The summed E-state index contributed by atoms with van der Waals surface area (Å²) in [6.45, 7) is 0. The molecular formula is C16H9ClNO4+. The second-order valence-corrected chi connectivity index (χ2v) is 4.97. The Morgan fingerprint density at radius 2 is 1.91 bits per heavy atom. The molecule has 1 aliphatic rings. The summed E-state index contributed by atoms with van der Waals surface area (Å²) in [6, 6.07) is 11.3. The summed E-state index contributed by atoms with van der Waals surface area (Å²) >= 11 is 5.88. The van der Waals surface area contributed by atoms with Crippen molar-refractivity contribution in [2.45, 2.75) is 0 Å². The number of rotatable bonds is 2. The van der Waals surface area contributed by atoms with Crippen LogP contribution in [0.2, 0.25) is 5.02 Å². The number of carbonyl (C=O) groups is 1. The highest BCUT2D eigenvalue weighted by Gasteiger charge is 2.25. The molecule has 0 bridgehead atoms. The second-order valence-electron chi connectivity index (χ2n) is 4.53. The molecule has 1 aliphatic heterocycles. The lowest BCUT2D eigenvalue weighted by molar-refractivity contribution is -0.729. The van der Waals surface area contributed by atoms with Crippen LogP contribution in [0.1, 0.15) is 21.5 Å². The first-order valence-corrected chi connectivity index (χ1v) is 6.68. The fourth-order valence-corrected chi connectivity index (χ4v) is 2.31. The largest absolute Gasteiger partial charge is 0.414 e. The highest BCUT2D eigenvalue weighted by atomic mass is 35.5. The molecule has 5 nitrogen and oxygen atoms in total. The Balaban J connectivity index is 2.11. The van der Waals surface area contributed by atoms with Gasteiger partial charge in [-0.15, -0.1) is 0 Å². The maximum absolute atomic E-state index is 11.7. The molecular weight excluding hydrogens is 306 g/mol. The number of nitrogens with zero attached hydrogens (tertiary/aromatic N) is 1. The predicted molar refractivity (Wildman–Crippen MR) is 79.8 cm³/mol. The molecule has 2 aromatic carbocycles. The lowest BCUT2D eigenvalue weighted by Gasteiger charge is -1.95. The summed E-state index contributed by atoms with van der Waals surface area (Å²) in [7, 11) is 0. The molecule has 0 spiro atoms. The van der Waals surface area contributed by atoms with Crippen molar-refractivity contribution >= 4 is 35.1 Å². The van der Waals surface area contributed by atoms with E-state index in [1.165, 1.54) is 24.3 Å². The topological polar surface area (TPSA) is 66.6 Å². The van der Waals surface area contributed by atoms with E-state index in [2.05, 4.69) is 5.73 Å². The van der Waals surface area contributed by atoms with Crippen LogP contribution in [-0.2, 0) is 4.74 Å². The van der Waals surface area contributed by atoms with Crippen LogP contribution in [0.5, 0.6) is 0 Å². The highest BCUT2D eigenvalue weighted by molar-refractivity contribution is 6.30. The van der Waals surface area contributed by atoms with Crippen molar-refractivity contribution in [3.63, 3.8) is 0 Å². The molecule has 1 heterocycles. The van der Waals surface area contributed by atoms with Gasteiger partial charge in [-0.25, -0.2) is 10.0 Å². The lowest BCUT2D eigenvalue weighted by Crippen LogP contribution is -1.94. The van der Waals surface area contributed by atoms with E-state index in [0.29, 0.717) is 21.7 Å². The minimum Gasteiger partial charge on any atom is -0.414 e. The number of hydrogen-bond donors (Lipinski definition) is 1. The molecule has 0 atom stereocenters. The average Bonchev–Trinajstić information content (AvgIpc) is 2.82. The fraction of sp³-hybridized carbons (Fsp3) is 0. The SMILES string of the molecule is O=C1OC(=C=Cc2cc(Cl)ccc2[N+](=O)O)c2ccccc21. The molecule has 6 heteroatoms. The first-order chi connectivity index (χ1) is 10.6. The van der Waals surface area contributed by atoms with E-state index < -0.39 is 5.97 Å². The number of halogens is 1. The van der Waals surface area contributed by atoms with E-state index >= 15 is 0 Å². The third-order valence-corrected chi connectivity index (χ3v) is 3.38. The molecule has 0 radical (unpaired) electrons. The highest BCUT2D eigenvalue weighted by Crippen LogP contribution is 2.29. The molecule has 0 unspecified atom stereocenters. The van der Waals surface area contributed by atoms with Gasteiger partial charge in [0.2, 0.25) is 0 Å². The van der Waals surface area contributed by atoms with Crippen molar-refractivity contribution < 1.29 is 19.7 Å². The Hall–Kier alpha value is -2.88. The molecule has 0 saturated carbocycles. The molecule has 2 aromatic rings. The first kappa shape index (κ1) is 14.1. The van der Waals surface area contributed by atoms with E-state index in [0.717, 1.165) is 0 Å². The van der Waals surface area contributed by atoms with Crippen LogP contribution in [-0.4, -0.2) is 16.1 Å². The molecule has 0 fully saturated rings. The van der Waals surface area contributed by atoms with Gasteiger partial charge in [0, 0.05) is 16.7 Å². The maximum Gasteiger partial charge on any atom is 0.344 e. The normalized spacial score (nSPS) is 12.4. The third kappa shape index (κ3) is 2.51. The van der Waals surface area contributed by atoms with Crippen molar-refractivity contribution in [1.82, 2.24) is 0 Å². The van der Waals surface area contributed by atoms with Gasteiger partial charge in [0.1, 0.15) is 0 Å². The summed E-state index contributed by atoms with van der Waals surface area (Å²) in [5.74, 6) is -0.202. The monoisotopic (exact) mass is 314 g/mol. The minimum absolute atomic E-state index is 0.00936. The summed E-state index contributed by atoms with van der Waals surface area (Å²) in [5.41, 5.74) is 4.25. The number of benzene rings is 2. The number of ether oxygens (including phenoxy) is 1. The van der Waals surface area contributed by atoms with Crippen LogP contribution in [0.15, 0.2) is 48.2 Å². The summed E-state index contributed by atoms with van der Waals surface area (Å²) in [4.78, 5) is 22.6. The molecule has 22 heavy (non-hydrogen) atoms. The van der Waals surface area contributed by atoms with Crippen LogP contribution < -0.4 is 0 Å². The van der Waals surface area contributed by atoms with Gasteiger partial charge in [-0.05, 0) is 30.3 Å². The van der Waals surface area contributed by atoms with Crippen molar-refractivity contribution in [2.24, 2.45) is 0 Å².